The van der Waals surface area contributed by atoms with Crippen molar-refractivity contribution in [2.45, 2.75) is 18.2 Å². The lowest BCUT2D eigenvalue weighted by atomic mass is 10.0. The van der Waals surface area contributed by atoms with Crippen LogP contribution in [0.15, 0.2) is 18.2 Å². The van der Waals surface area contributed by atoms with E-state index >= 15 is 0 Å². The molecular formula is C11H11BrF2O2. The number of rotatable bonds is 4. The molecule has 0 aliphatic carbocycles. The zero-order valence-corrected chi connectivity index (χ0v) is 10.4. The third kappa shape index (κ3) is 2.78. The smallest absolute Gasteiger partial charge is 0.263 e. The molecule has 1 aromatic carbocycles. The molecule has 0 N–H and O–H groups in total. The van der Waals surface area contributed by atoms with Crippen molar-refractivity contribution in [3.8, 4) is 5.75 Å². The number of alkyl halides is 3. The number of hydrogen-bond donors (Lipinski definition) is 0. The van der Waals surface area contributed by atoms with Crippen molar-refractivity contribution in [2.24, 2.45) is 0 Å². The van der Waals surface area contributed by atoms with Gasteiger partial charge in [-0.25, -0.2) is 8.78 Å². The Morgan fingerprint density at radius 3 is 2.50 bits per heavy atom. The van der Waals surface area contributed by atoms with Crippen LogP contribution >= 0.6 is 15.9 Å². The summed E-state index contributed by atoms with van der Waals surface area (Å²) in [5.74, 6) is 0.0278. The predicted molar refractivity (Wildman–Crippen MR) is 60.7 cm³/mol. The van der Waals surface area contributed by atoms with Crippen LogP contribution in [-0.2, 0) is 0 Å². The van der Waals surface area contributed by atoms with E-state index in [9.17, 15) is 13.6 Å². The van der Waals surface area contributed by atoms with E-state index in [1.165, 1.54) is 25.3 Å². The van der Waals surface area contributed by atoms with Gasteiger partial charge in [0.15, 0.2) is 5.78 Å². The van der Waals surface area contributed by atoms with Gasteiger partial charge in [-0.2, -0.15) is 0 Å². The molecule has 5 heteroatoms. The van der Waals surface area contributed by atoms with Crippen molar-refractivity contribution in [1.82, 2.24) is 0 Å². The Balaban J connectivity index is 3.22. The van der Waals surface area contributed by atoms with Gasteiger partial charge < -0.3 is 4.74 Å². The fourth-order valence-electron chi connectivity index (χ4n) is 1.27. The third-order valence-corrected chi connectivity index (χ3v) is 2.52. The lowest BCUT2D eigenvalue weighted by Crippen LogP contribution is -2.12. The topological polar surface area (TPSA) is 26.3 Å². The second-order valence-electron chi connectivity index (χ2n) is 3.24. The minimum Gasteiger partial charge on any atom is -0.496 e. The molecular weight excluding hydrogens is 282 g/mol. The maximum atomic E-state index is 12.5. The fourth-order valence-corrected chi connectivity index (χ4v) is 1.51. The lowest BCUT2D eigenvalue weighted by Gasteiger charge is -2.10. The van der Waals surface area contributed by atoms with Crippen LogP contribution in [0.2, 0.25) is 0 Å². The molecule has 0 aromatic heterocycles. The van der Waals surface area contributed by atoms with E-state index in [-0.39, 0.29) is 16.9 Å². The number of carbonyl (C=O) groups excluding carboxylic acids is 1. The molecule has 0 aliphatic rings. The number of carbonyl (C=O) groups is 1. The van der Waals surface area contributed by atoms with Crippen LogP contribution in [0, 0.1) is 0 Å². The molecule has 0 spiro atoms. The summed E-state index contributed by atoms with van der Waals surface area (Å²) < 4.78 is 29.9. The average Bonchev–Trinajstić information content (AvgIpc) is 2.26. The van der Waals surface area contributed by atoms with E-state index in [1.807, 2.05) is 0 Å². The Hall–Kier alpha value is -0.970. The van der Waals surface area contributed by atoms with Crippen molar-refractivity contribution in [3.05, 3.63) is 29.3 Å². The van der Waals surface area contributed by atoms with Gasteiger partial charge in [-0.15, -0.1) is 0 Å². The minimum absolute atomic E-state index is 0.171. The first kappa shape index (κ1) is 13.1. The summed E-state index contributed by atoms with van der Waals surface area (Å²) in [4.78, 5) is 11.3. The third-order valence-electron chi connectivity index (χ3n) is 2.10. The Kier molecular flexibility index (Phi) is 4.41. The summed E-state index contributed by atoms with van der Waals surface area (Å²) in [6.07, 6.45) is -2.59. The van der Waals surface area contributed by atoms with Crippen LogP contribution in [0.25, 0.3) is 0 Å². The van der Waals surface area contributed by atoms with E-state index in [0.717, 1.165) is 0 Å². The highest BCUT2D eigenvalue weighted by atomic mass is 79.9. The van der Waals surface area contributed by atoms with Crippen LogP contribution in [0.3, 0.4) is 0 Å². The zero-order chi connectivity index (χ0) is 12.3. The number of ketones is 1. The molecule has 2 nitrogen and oxygen atoms in total. The summed E-state index contributed by atoms with van der Waals surface area (Å²) in [6.45, 7) is 1.64. The monoisotopic (exact) mass is 292 g/mol. The van der Waals surface area contributed by atoms with Crippen LogP contribution in [0.4, 0.5) is 8.78 Å². The molecule has 0 saturated carbocycles. The van der Waals surface area contributed by atoms with Gasteiger partial charge in [0.05, 0.1) is 17.5 Å². The summed E-state index contributed by atoms with van der Waals surface area (Å²) in [5, 5.41) is 0. The van der Waals surface area contributed by atoms with Gasteiger partial charge in [0.1, 0.15) is 5.75 Å². The van der Waals surface area contributed by atoms with Gasteiger partial charge >= 0.3 is 0 Å². The molecule has 1 unspecified atom stereocenters. The first-order valence-electron chi connectivity index (χ1n) is 4.61. The van der Waals surface area contributed by atoms with Gasteiger partial charge in [-0.1, -0.05) is 15.9 Å². The number of benzene rings is 1. The Labute approximate surface area is 101 Å². The Bertz CT molecular complexity index is 392. The van der Waals surface area contributed by atoms with Crippen LogP contribution in [-0.4, -0.2) is 17.7 Å². The fraction of sp³-hybridized carbons (Fsp3) is 0.364. The molecule has 0 amide bonds. The molecule has 88 valence electrons. The van der Waals surface area contributed by atoms with Crippen molar-refractivity contribution in [3.63, 3.8) is 0 Å². The molecule has 0 fully saturated rings. The maximum absolute atomic E-state index is 12.5. The first-order chi connectivity index (χ1) is 7.47. The van der Waals surface area contributed by atoms with E-state index in [0.29, 0.717) is 5.75 Å². The molecule has 0 radical (unpaired) electrons. The molecule has 1 rings (SSSR count). The van der Waals surface area contributed by atoms with Gasteiger partial charge in [-0.3, -0.25) is 4.79 Å². The lowest BCUT2D eigenvalue weighted by molar-refractivity contribution is 0.0992. The van der Waals surface area contributed by atoms with Crippen molar-refractivity contribution in [1.29, 1.82) is 0 Å². The molecule has 1 atom stereocenters. The molecule has 1 aromatic rings. The average molecular weight is 293 g/mol. The maximum Gasteiger partial charge on any atom is 0.263 e. The Morgan fingerprint density at radius 2 is 2.06 bits per heavy atom. The highest BCUT2D eigenvalue weighted by molar-refractivity contribution is 9.10. The van der Waals surface area contributed by atoms with Crippen LogP contribution in [0.5, 0.6) is 5.75 Å². The van der Waals surface area contributed by atoms with Gasteiger partial charge in [-0.05, 0) is 25.1 Å². The second-order valence-corrected chi connectivity index (χ2v) is 4.61. The summed E-state index contributed by atoms with van der Waals surface area (Å²) in [7, 11) is 1.40. The molecule has 0 heterocycles. The Morgan fingerprint density at radius 1 is 1.44 bits per heavy atom. The second kappa shape index (κ2) is 5.39. The van der Waals surface area contributed by atoms with Crippen molar-refractivity contribution < 1.29 is 18.3 Å². The van der Waals surface area contributed by atoms with E-state index in [2.05, 4.69) is 15.9 Å². The zero-order valence-electron chi connectivity index (χ0n) is 8.84. The van der Waals surface area contributed by atoms with Crippen molar-refractivity contribution >= 4 is 21.7 Å². The largest absolute Gasteiger partial charge is 0.496 e. The number of ether oxygens (including phenoxy) is 1. The van der Waals surface area contributed by atoms with Crippen molar-refractivity contribution in [2.75, 3.05) is 7.11 Å². The summed E-state index contributed by atoms with van der Waals surface area (Å²) >= 11 is 3.11. The van der Waals surface area contributed by atoms with E-state index in [4.69, 9.17) is 4.74 Å². The van der Waals surface area contributed by atoms with Gasteiger partial charge in [0, 0.05) is 5.56 Å². The van der Waals surface area contributed by atoms with Gasteiger partial charge in [0.2, 0.25) is 0 Å². The molecule has 0 aliphatic heterocycles. The van der Waals surface area contributed by atoms with Crippen LogP contribution < -0.4 is 4.74 Å². The normalized spacial score (nSPS) is 12.6. The SMILES string of the molecule is COc1ccc(C(F)F)cc1C(=O)C(C)Br. The molecule has 0 saturated heterocycles. The van der Waals surface area contributed by atoms with E-state index in [1.54, 1.807) is 6.92 Å². The number of methoxy groups -OCH3 is 1. The van der Waals surface area contributed by atoms with Gasteiger partial charge in [0.25, 0.3) is 6.43 Å². The minimum atomic E-state index is -2.59. The number of halogens is 3. The molecule has 0 bridgehead atoms. The van der Waals surface area contributed by atoms with Crippen LogP contribution in [0.1, 0.15) is 29.3 Å². The highest BCUT2D eigenvalue weighted by Gasteiger charge is 2.19. The quantitative estimate of drug-likeness (QED) is 0.626. The first-order valence-corrected chi connectivity index (χ1v) is 5.53. The summed E-state index contributed by atoms with van der Waals surface area (Å²) in [6, 6.07) is 3.80. The highest BCUT2D eigenvalue weighted by Crippen LogP contribution is 2.27. The molecule has 16 heavy (non-hydrogen) atoms. The standard InChI is InChI=1S/C11H11BrF2O2/c1-6(12)10(15)8-5-7(11(13)14)3-4-9(8)16-2/h3-6,11H,1-2H3. The van der Waals surface area contributed by atoms with E-state index < -0.39 is 11.3 Å². The summed E-state index contributed by atoms with van der Waals surface area (Å²) in [5.41, 5.74) is -0.0121. The predicted octanol–water partition coefficient (Wildman–Crippen LogP) is 3.60. The number of Topliss-reactive ketones (excluding diaryl/α,β-unsaturated/α-hetero) is 1. The number of hydrogen-bond acceptors (Lipinski definition) is 2.